The molecule has 0 saturated heterocycles. The quantitative estimate of drug-likeness (QED) is 0.460. The number of alkyl halides is 2. The number of carbonyl (C=O) groups is 2. The van der Waals surface area contributed by atoms with Crippen molar-refractivity contribution in [1.82, 2.24) is 5.32 Å². The molecule has 2 N–H and O–H groups in total. The summed E-state index contributed by atoms with van der Waals surface area (Å²) in [4.78, 5) is 34.7. The number of rotatable bonds is 9. The molecule has 1 aliphatic carbocycles. The Morgan fingerprint density at radius 1 is 1.19 bits per heavy atom. The van der Waals surface area contributed by atoms with Crippen LogP contribution in [0.4, 0.5) is 20.2 Å². The van der Waals surface area contributed by atoms with Crippen LogP contribution in [0.15, 0.2) is 36.4 Å². The van der Waals surface area contributed by atoms with E-state index in [1.54, 1.807) is 24.3 Å². The fourth-order valence-electron chi connectivity index (χ4n) is 2.80. The zero-order valence-electron chi connectivity index (χ0n) is 16.4. The average Bonchev–Trinajstić information content (AvgIpc) is 3.57. The lowest BCUT2D eigenvalue weighted by atomic mass is 10.1. The highest BCUT2D eigenvalue weighted by atomic mass is 19.3. The maximum atomic E-state index is 12.5. The molecule has 164 valence electrons. The molecule has 2 aromatic carbocycles. The summed E-state index contributed by atoms with van der Waals surface area (Å²) in [5.41, 5.74) is 0.246. The van der Waals surface area contributed by atoms with E-state index in [1.165, 1.54) is 0 Å². The molecule has 0 bridgehead atoms. The van der Waals surface area contributed by atoms with Crippen molar-refractivity contribution in [2.75, 3.05) is 12.4 Å². The van der Waals surface area contributed by atoms with Crippen molar-refractivity contribution < 1.29 is 32.8 Å². The van der Waals surface area contributed by atoms with Crippen molar-refractivity contribution in [2.45, 2.75) is 26.0 Å². The Labute approximate surface area is 175 Å². The zero-order chi connectivity index (χ0) is 22.5. The number of nitro groups is 1. The highest BCUT2D eigenvalue weighted by Crippen LogP contribution is 2.35. The normalized spacial score (nSPS) is 12.9. The monoisotopic (exact) mass is 435 g/mol. The lowest BCUT2D eigenvalue weighted by Gasteiger charge is -2.12. The Kier molecular flexibility index (Phi) is 6.63. The van der Waals surface area contributed by atoms with Crippen LogP contribution < -0.4 is 20.1 Å². The van der Waals surface area contributed by atoms with Crippen LogP contribution in [0, 0.1) is 16.0 Å². The van der Waals surface area contributed by atoms with Crippen LogP contribution in [-0.4, -0.2) is 30.5 Å². The Bertz CT molecular complexity index is 993. The highest BCUT2D eigenvalue weighted by molar-refractivity contribution is 5.99. The molecule has 1 fully saturated rings. The third-order valence-corrected chi connectivity index (χ3v) is 4.56. The van der Waals surface area contributed by atoms with Crippen LogP contribution in [0.25, 0.3) is 0 Å². The first-order valence-corrected chi connectivity index (χ1v) is 9.27. The van der Waals surface area contributed by atoms with Gasteiger partial charge in [0.25, 0.3) is 11.6 Å². The number of nitro benzene ring substituents is 1. The largest absolute Gasteiger partial charge is 0.493 e. The minimum absolute atomic E-state index is 0.0263. The number of hydrogen-bond donors (Lipinski definition) is 2. The molecule has 0 unspecified atom stereocenters. The average molecular weight is 435 g/mol. The number of nitrogens with zero attached hydrogens (tertiary/aromatic N) is 1. The number of amides is 2. The van der Waals surface area contributed by atoms with E-state index in [4.69, 9.17) is 4.74 Å². The van der Waals surface area contributed by atoms with Crippen molar-refractivity contribution in [3.8, 4) is 11.5 Å². The zero-order valence-corrected chi connectivity index (χ0v) is 16.4. The molecule has 2 aromatic rings. The lowest BCUT2D eigenvalue weighted by molar-refractivity contribution is -0.385. The Morgan fingerprint density at radius 2 is 1.87 bits per heavy atom. The first-order chi connectivity index (χ1) is 14.8. The van der Waals surface area contributed by atoms with E-state index in [0.29, 0.717) is 11.3 Å². The van der Waals surface area contributed by atoms with Crippen LogP contribution in [0.5, 0.6) is 11.5 Å². The predicted octanol–water partition coefficient (Wildman–Crippen LogP) is 3.48. The molecule has 1 saturated carbocycles. The molecule has 0 aliphatic heterocycles. The minimum Gasteiger partial charge on any atom is -0.493 e. The maximum absolute atomic E-state index is 12.5. The van der Waals surface area contributed by atoms with Gasteiger partial charge in [-0.3, -0.25) is 19.7 Å². The molecule has 3 rings (SSSR count). The molecule has 0 aromatic heterocycles. The summed E-state index contributed by atoms with van der Waals surface area (Å²) in [6.45, 7) is -3.17. The summed E-state index contributed by atoms with van der Waals surface area (Å²) in [6, 6.07) is 8.45. The highest BCUT2D eigenvalue weighted by Gasteiger charge is 2.29. The van der Waals surface area contributed by atoms with Gasteiger partial charge in [-0.2, -0.15) is 8.78 Å². The summed E-state index contributed by atoms with van der Waals surface area (Å²) < 4.78 is 34.2. The topological polar surface area (TPSA) is 120 Å². The predicted molar refractivity (Wildman–Crippen MR) is 105 cm³/mol. The van der Waals surface area contributed by atoms with E-state index in [2.05, 4.69) is 15.4 Å². The van der Waals surface area contributed by atoms with E-state index < -0.39 is 28.9 Å². The van der Waals surface area contributed by atoms with E-state index in [9.17, 15) is 28.5 Å². The van der Waals surface area contributed by atoms with Crippen molar-refractivity contribution in [2.24, 2.45) is 5.92 Å². The molecule has 31 heavy (non-hydrogen) atoms. The smallest absolute Gasteiger partial charge is 0.387 e. The summed E-state index contributed by atoms with van der Waals surface area (Å²) in [5.74, 6) is -1.54. The maximum Gasteiger partial charge on any atom is 0.387 e. The lowest BCUT2D eigenvalue weighted by Crippen LogP contribution is -2.24. The number of ether oxygens (including phenoxy) is 2. The van der Waals surface area contributed by atoms with Crippen LogP contribution in [0.1, 0.15) is 28.8 Å². The van der Waals surface area contributed by atoms with Gasteiger partial charge in [0, 0.05) is 24.2 Å². The van der Waals surface area contributed by atoms with Gasteiger partial charge in [0.2, 0.25) is 5.91 Å². The van der Waals surface area contributed by atoms with Gasteiger partial charge in [0.05, 0.1) is 18.1 Å². The third kappa shape index (κ3) is 5.65. The molecule has 0 heterocycles. The number of carbonyl (C=O) groups excluding carboxylic acids is 2. The first kappa shape index (κ1) is 21.9. The van der Waals surface area contributed by atoms with Gasteiger partial charge in [-0.1, -0.05) is 12.1 Å². The van der Waals surface area contributed by atoms with E-state index in [0.717, 1.165) is 32.1 Å². The Morgan fingerprint density at radius 3 is 2.42 bits per heavy atom. The van der Waals surface area contributed by atoms with Crippen LogP contribution in [0.3, 0.4) is 0 Å². The van der Waals surface area contributed by atoms with Gasteiger partial charge in [-0.05, 0) is 30.5 Å². The van der Waals surface area contributed by atoms with Crippen molar-refractivity contribution >= 4 is 23.2 Å². The molecule has 0 spiro atoms. The van der Waals surface area contributed by atoms with Gasteiger partial charge in [0.1, 0.15) is 5.56 Å². The van der Waals surface area contributed by atoms with Gasteiger partial charge >= 0.3 is 6.61 Å². The molecule has 1 aliphatic rings. The molecule has 9 nitrogen and oxygen atoms in total. The van der Waals surface area contributed by atoms with Crippen molar-refractivity contribution in [3.05, 3.63) is 57.6 Å². The summed E-state index contributed by atoms with van der Waals surface area (Å²) in [5, 5.41) is 16.7. The Hall–Kier alpha value is -3.76. The fourth-order valence-corrected chi connectivity index (χ4v) is 2.80. The molecular weight excluding hydrogens is 416 g/mol. The molecule has 2 amide bonds. The number of methoxy groups -OCH3 is 1. The molecule has 0 radical (unpaired) electrons. The van der Waals surface area contributed by atoms with Crippen LogP contribution in [0.2, 0.25) is 0 Å². The Balaban J connectivity index is 1.70. The van der Waals surface area contributed by atoms with E-state index >= 15 is 0 Å². The molecule has 0 atom stereocenters. The second-order valence-electron chi connectivity index (χ2n) is 6.80. The van der Waals surface area contributed by atoms with Crippen LogP contribution >= 0.6 is 0 Å². The third-order valence-electron chi connectivity index (χ3n) is 4.56. The second kappa shape index (κ2) is 9.37. The number of nitrogens with one attached hydrogen (secondary N) is 2. The fraction of sp³-hybridized carbons (Fsp3) is 0.300. The standard InChI is InChI=1S/C20H19F2N3O6/c1-30-16-8-14(15(25(28)29)9-17(16)31-20(21)22)19(27)23-10-11-2-6-13(7-3-11)24-18(26)12-4-5-12/h2-3,6-9,12,20H,4-5,10H2,1H3,(H,23,27)(H,24,26). The van der Waals surface area contributed by atoms with Crippen LogP contribution in [-0.2, 0) is 11.3 Å². The molecule has 11 heteroatoms. The summed E-state index contributed by atoms with van der Waals surface area (Å²) in [7, 11) is 1.16. The summed E-state index contributed by atoms with van der Waals surface area (Å²) >= 11 is 0. The van der Waals surface area contributed by atoms with Gasteiger partial charge in [0.15, 0.2) is 11.5 Å². The van der Waals surface area contributed by atoms with E-state index in [1.807, 2.05) is 0 Å². The first-order valence-electron chi connectivity index (χ1n) is 9.27. The number of anilines is 1. The van der Waals surface area contributed by atoms with E-state index in [-0.39, 0.29) is 29.7 Å². The molecular formula is C20H19F2N3O6. The summed E-state index contributed by atoms with van der Waals surface area (Å²) in [6.07, 6.45) is 1.78. The SMILES string of the molecule is COc1cc(C(=O)NCc2ccc(NC(=O)C3CC3)cc2)c([N+](=O)[O-])cc1OC(F)F. The van der Waals surface area contributed by atoms with Gasteiger partial charge in [-0.15, -0.1) is 0 Å². The number of halogens is 2. The second-order valence-corrected chi connectivity index (χ2v) is 6.80. The minimum atomic E-state index is -3.22. The van der Waals surface area contributed by atoms with Crippen molar-refractivity contribution in [3.63, 3.8) is 0 Å². The van der Waals surface area contributed by atoms with Gasteiger partial charge in [-0.25, -0.2) is 0 Å². The number of hydrogen-bond acceptors (Lipinski definition) is 6. The van der Waals surface area contributed by atoms with Crippen molar-refractivity contribution in [1.29, 1.82) is 0 Å². The number of benzene rings is 2. The van der Waals surface area contributed by atoms with Gasteiger partial charge < -0.3 is 20.1 Å².